The van der Waals surface area contributed by atoms with Crippen LogP contribution >= 0.6 is 11.6 Å². The fraction of sp³-hybridized carbons (Fsp3) is 0.143. The van der Waals surface area contributed by atoms with Crippen molar-refractivity contribution < 1.29 is 23.9 Å². The molecule has 30 heavy (non-hydrogen) atoms. The van der Waals surface area contributed by atoms with Gasteiger partial charge in [0.15, 0.2) is 6.61 Å². The van der Waals surface area contributed by atoms with Crippen LogP contribution in [0.4, 0.5) is 0 Å². The van der Waals surface area contributed by atoms with Gasteiger partial charge in [0.05, 0.1) is 24.1 Å². The number of esters is 1. The maximum Gasteiger partial charge on any atom is 0.343 e. The Labute approximate surface area is 177 Å². The zero-order valence-electron chi connectivity index (χ0n) is 16.2. The van der Waals surface area contributed by atoms with E-state index in [9.17, 15) is 14.4 Å². The zero-order chi connectivity index (χ0) is 21.7. The number of imide groups is 1. The van der Waals surface area contributed by atoms with Crippen LogP contribution in [-0.2, 0) is 9.53 Å². The molecule has 0 fully saturated rings. The molecule has 0 bridgehead atoms. The highest BCUT2D eigenvalue weighted by Gasteiger charge is 2.23. The first-order chi connectivity index (χ1) is 14.4. The third-order valence-electron chi connectivity index (χ3n) is 4.15. The highest BCUT2D eigenvalue weighted by atomic mass is 35.5. The van der Waals surface area contributed by atoms with Crippen LogP contribution < -0.4 is 10.1 Å². The van der Waals surface area contributed by atoms with Gasteiger partial charge in [-0.2, -0.15) is 5.10 Å². The smallest absolute Gasteiger partial charge is 0.343 e. The Bertz CT molecular complexity index is 1100. The maximum absolute atomic E-state index is 12.4. The number of rotatable bonds is 6. The summed E-state index contributed by atoms with van der Waals surface area (Å²) in [6, 6.07) is 15.5. The number of amides is 2. The number of benzene rings is 2. The van der Waals surface area contributed by atoms with E-state index in [0.29, 0.717) is 17.1 Å². The van der Waals surface area contributed by atoms with Gasteiger partial charge >= 0.3 is 5.97 Å². The van der Waals surface area contributed by atoms with E-state index in [1.165, 1.54) is 17.9 Å². The Kier molecular flexibility index (Phi) is 6.48. The summed E-state index contributed by atoms with van der Waals surface area (Å²) in [4.78, 5) is 36.7. The largest absolute Gasteiger partial charge is 0.496 e. The Hall–Kier alpha value is -3.65. The van der Waals surface area contributed by atoms with Crippen LogP contribution in [0.5, 0.6) is 5.75 Å². The lowest BCUT2D eigenvalue weighted by Crippen LogP contribution is -2.34. The molecule has 0 spiro atoms. The van der Waals surface area contributed by atoms with Gasteiger partial charge in [-0.3, -0.25) is 14.9 Å². The van der Waals surface area contributed by atoms with E-state index in [2.05, 4.69) is 10.4 Å². The number of para-hydroxylation sites is 2. The van der Waals surface area contributed by atoms with Crippen molar-refractivity contribution in [2.45, 2.75) is 6.92 Å². The third-order valence-corrected chi connectivity index (χ3v) is 4.50. The minimum absolute atomic E-state index is 0.0457. The summed E-state index contributed by atoms with van der Waals surface area (Å²) in [5.74, 6) is -1.96. The van der Waals surface area contributed by atoms with Gasteiger partial charge in [0.1, 0.15) is 16.5 Å². The minimum atomic E-state index is -0.820. The van der Waals surface area contributed by atoms with Crippen LogP contribution in [0.1, 0.15) is 26.4 Å². The Morgan fingerprint density at radius 3 is 2.43 bits per heavy atom. The quantitative estimate of drug-likeness (QED) is 0.607. The minimum Gasteiger partial charge on any atom is -0.496 e. The standard InChI is InChI=1S/C21H18ClN3O5/c1-13-18(19(22)25(24-13)14-8-4-3-5-9-14)21(28)30-12-17(26)23-20(27)15-10-6-7-11-16(15)29-2/h3-11H,12H2,1-2H3,(H,23,26,27). The SMILES string of the molecule is COc1ccccc1C(=O)NC(=O)COC(=O)c1c(C)nn(-c2ccccc2)c1Cl. The molecule has 8 nitrogen and oxygen atoms in total. The van der Waals surface area contributed by atoms with Crippen molar-refractivity contribution in [1.82, 2.24) is 15.1 Å². The number of ether oxygens (including phenoxy) is 2. The molecule has 3 rings (SSSR count). The Morgan fingerprint density at radius 2 is 1.73 bits per heavy atom. The van der Waals surface area contributed by atoms with Crippen LogP contribution in [0.25, 0.3) is 5.69 Å². The molecule has 0 unspecified atom stereocenters. The van der Waals surface area contributed by atoms with Gasteiger partial charge in [-0.15, -0.1) is 0 Å². The van der Waals surface area contributed by atoms with Crippen molar-refractivity contribution in [2.75, 3.05) is 13.7 Å². The molecule has 1 N–H and O–H groups in total. The summed E-state index contributed by atoms with van der Waals surface area (Å²) in [6.45, 7) is 0.944. The van der Waals surface area contributed by atoms with E-state index in [-0.39, 0.29) is 16.3 Å². The number of aromatic nitrogens is 2. The van der Waals surface area contributed by atoms with E-state index in [4.69, 9.17) is 21.1 Å². The van der Waals surface area contributed by atoms with Gasteiger partial charge in [0.2, 0.25) is 0 Å². The molecule has 0 saturated heterocycles. The topological polar surface area (TPSA) is 99.5 Å². The first kappa shape index (κ1) is 21.1. The van der Waals surface area contributed by atoms with Crippen LogP contribution in [0, 0.1) is 6.92 Å². The fourth-order valence-corrected chi connectivity index (χ4v) is 3.09. The molecule has 1 heterocycles. The molecule has 3 aromatic rings. The molecule has 154 valence electrons. The molecule has 0 aliphatic carbocycles. The zero-order valence-corrected chi connectivity index (χ0v) is 17.0. The van der Waals surface area contributed by atoms with Gasteiger partial charge in [-0.05, 0) is 31.2 Å². The third kappa shape index (κ3) is 4.49. The summed E-state index contributed by atoms with van der Waals surface area (Å²) in [5.41, 5.74) is 1.25. The second kappa shape index (κ2) is 9.23. The van der Waals surface area contributed by atoms with Crippen LogP contribution in [0.15, 0.2) is 54.6 Å². The van der Waals surface area contributed by atoms with Crippen molar-refractivity contribution in [2.24, 2.45) is 0 Å². The summed E-state index contributed by atoms with van der Waals surface area (Å²) in [5, 5.41) is 6.46. The highest BCUT2D eigenvalue weighted by molar-refractivity contribution is 6.33. The van der Waals surface area contributed by atoms with Crippen molar-refractivity contribution in [1.29, 1.82) is 0 Å². The molecule has 9 heteroatoms. The predicted molar refractivity (Wildman–Crippen MR) is 109 cm³/mol. The molecular formula is C21H18ClN3O5. The number of hydrogen-bond donors (Lipinski definition) is 1. The lowest BCUT2D eigenvalue weighted by Gasteiger charge is -2.09. The van der Waals surface area contributed by atoms with Crippen LogP contribution in [0.2, 0.25) is 5.15 Å². The second-order valence-corrected chi connectivity index (χ2v) is 6.51. The summed E-state index contributed by atoms with van der Waals surface area (Å²) in [6.07, 6.45) is 0. The molecule has 2 aromatic carbocycles. The van der Waals surface area contributed by atoms with Gasteiger partial charge in [-0.1, -0.05) is 41.9 Å². The number of nitrogens with one attached hydrogen (secondary N) is 1. The van der Waals surface area contributed by atoms with E-state index in [1.807, 2.05) is 18.2 Å². The van der Waals surface area contributed by atoms with E-state index < -0.39 is 24.4 Å². The number of aryl methyl sites for hydroxylation is 1. The van der Waals surface area contributed by atoms with Gasteiger partial charge in [0.25, 0.3) is 11.8 Å². The summed E-state index contributed by atoms with van der Waals surface area (Å²) >= 11 is 6.30. The van der Waals surface area contributed by atoms with Crippen LogP contribution in [0.3, 0.4) is 0 Å². The van der Waals surface area contributed by atoms with E-state index >= 15 is 0 Å². The van der Waals surface area contributed by atoms with Crippen molar-refractivity contribution >= 4 is 29.4 Å². The average molecular weight is 428 g/mol. The fourth-order valence-electron chi connectivity index (χ4n) is 2.74. The normalized spacial score (nSPS) is 10.4. The Morgan fingerprint density at radius 1 is 1.07 bits per heavy atom. The van der Waals surface area contributed by atoms with E-state index in [1.54, 1.807) is 37.3 Å². The lowest BCUT2D eigenvalue weighted by atomic mass is 10.2. The number of carbonyl (C=O) groups excluding carboxylic acids is 3. The van der Waals surface area contributed by atoms with Gasteiger partial charge in [-0.25, -0.2) is 9.48 Å². The first-order valence-corrected chi connectivity index (χ1v) is 9.25. The van der Waals surface area contributed by atoms with Crippen LogP contribution in [-0.4, -0.2) is 41.3 Å². The predicted octanol–water partition coefficient (Wildman–Crippen LogP) is 2.96. The molecule has 0 atom stereocenters. The summed E-state index contributed by atoms with van der Waals surface area (Å²) in [7, 11) is 1.41. The Balaban J connectivity index is 1.65. The molecule has 1 aromatic heterocycles. The maximum atomic E-state index is 12.4. The van der Waals surface area contributed by atoms with E-state index in [0.717, 1.165) is 0 Å². The van der Waals surface area contributed by atoms with Gasteiger partial charge in [0, 0.05) is 0 Å². The second-order valence-electron chi connectivity index (χ2n) is 6.15. The first-order valence-electron chi connectivity index (χ1n) is 8.87. The van der Waals surface area contributed by atoms with Crippen molar-refractivity contribution in [3.05, 3.63) is 76.6 Å². The number of carbonyl (C=O) groups is 3. The molecule has 0 aliphatic rings. The molecule has 0 saturated carbocycles. The molecule has 0 aliphatic heterocycles. The molecule has 2 amide bonds. The lowest BCUT2D eigenvalue weighted by molar-refractivity contribution is -0.123. The highest BCUT2D eigenvalue weighted by Crippen LogP contribution is 2.24. The number of methoxy groups -OCH3 is 1. The van der Waals surface area contributed by atoms with Crippen molar-refractivity contribution in [3.63, 3.8) is 0 Å². The van der Waals surface area contributed by atoms with Gasteiger partial charge < -0.3 is 9.47 Å². The van der Waals surface area contributed by atoms with Crippen molar-refractivity contribution in [3.8, 4) is 11.4 Å². The monoisotopic (exact) mass is 427 g/mol. The number of hydrogen-bond acceptors (Lipinski definition) is 6. The molecular weight excluding hydrogens is 410 g/mol. The summed E-state index contributed by atoms with van der Waals surface area (Å²) < 4.78 is 11.5. The average Bonchev–Trinajstić information content (AvgIpc) is 3.06. The number of nitrogens with zero attached hydrogens (tertiary/aromatic N) is 2. The molecule has 0 radical (unpaired) electrons. The number of halogens is 1.